The van der Waals surface area contributed by atoms with Crippen molar-refractivity contribution in [1.82, 2.24) is 0 Å². The van der Waals surface area contributed by atoms with Gasteiger partial charge in [-0.15, -0.1) is 0 Å². The zero-order valence-corrected chi connectivity index (χ0v) is 9.26. The minimum atomic E-state index is -1.59. The third-order valence-corrected chi connectivity index (χ3v) is 2.32. The van der Waals surface area contributed by atoms with Gasteiger partial charge < -0.3 is 10.4 Å². The zero-order valence-electron chi connectivity index (χ0n) is 7.67. The number of benzene rings is 1. The van der Waals surface area contributed by atoms with Crippen LogP contribution in [0.15, 0.2) is 16.6 Å². The van der Waals surface area contributed by atoms with Gasteiger partial charge in [0.05, 0.1) is 4.47 Å². The Morgan fingerprint density at radius 2 is 2.07 bits per heavy atom. The molecule has 0 heterocycles. The van der Waals surface area contributed by atoms with Crippen LogP contribution in [0.5, 0.6) is 0 Å². The summed E-state index contributed by atoms with van der Waals surface area (Å²) in [5, 5.41) is 10.5. The quantitative estimate of drug-likeness (QED) is 0.770. The predicted octanol–water partition coefficient (Wildman–Crippen LogP) is 1.92. The number of aryl methyl sites for hydroxylation is 1. The van der Waals surface area contributed by atoms with E-state index in [0.717, 1.165) is 0 Å². The van der Waals surface area contributed by atoms with E-state index in [1.165, 1.54) is 12.1 Å². The highest BCUT2D eigenvalue weighted by Crippen LogP contribution is 2.24. The second kappa shape index (κ2) is 4.39. The number of aliphatic carboxylic acids is 1. The minimum absolute atomic E-state index is 0.161. The first-order valence-electron chi connectivity index (χ1n) is 3.91. The molecular formula is C9H7BrFNO3. The van der Waals surface area contributed by atoms with E-state index >= 15 is 0 Å². The molecule has 0 fully saturated rings. The number of hydrogen-bond acceptors (Lipinski definition) is 2. The minimum Gasteiger partial charge on any atom is -0.474 e. The van der Waals surface area contributed by atoms with Gasteiger partial charge in [-0.25, -0.2) is 9.18 Å². The largest absolute Gasteiger partial charge is 0.474 e. The number of carboxylic acid groups (broad SMARTS) is 1. The van der Waals surface area contributed by atoms with Gasteiger partial charge in [0.25, 0.3) is 0 Å². The van der Waals surface area contributed by atoms with Crippen LogP contribution in [0.2, 0.25) is 0 Å². The lowest BCUT2D eigenvalue weighted by molar-refractivity contribution is -0.147. The van der Waals surface area contributed by atoms with Crippen molar-refractivity contribution in [2.24, 2.45) is 0 Å². The number of carbonyl (C=O) groups excluding carboxylic acids is 1. The van der Waals surface area contributed by atoms with Gasteiger partial charge in [0.15, 0.2) is 0 Å². The van der Waals surface area contributed by atoms with Gasteiger partial charge in [-0.2, -0.15) is 0 Å². The van der Waals surface area contributed by atoms with Crippen molar-refractivity contribution in [3.63, 3.8) is 0 Å². The van der Waals surface area contributed by atoms with E-state index in [2.05, 4.69) is 21.2 Å². The molecule has 0 spiro atoms. The summed E-state index contributed by atoms with van der Waals surface area (Å²) in [5.74, 6) is -3.22. The first-order valence-corrected chi connectivity index (χ1v) is 4.71. The van der Waals surface area contributed by atoms with Crippen LogP contribution >= 0.6 is 15.9 Å². The molecule has 0 radical (unpaired) electrons. The summed E-state index contributed by atoms with van der Waals surface area (Å²) in [6.45, 7) is 1.56. The lowest BCUT2D eigenvalue weighted by Crippen LogP contribution is -2.22. The highest BCUT2D eigenvalue weighted by atomic mass is 79.9. The molecule has 1 rings (SSSR count). The van der Waals surface area contributed by atoms with Crippen molar-refractivity contribution in [2.45, 2.75) is 6.92 Å². The summed E-state index contributed by atoms with van der Waals surface area (Å²) in [6.07, 6.45) is 0. The predicted molar refractivity (Wildman–Crippen MR) is 55.1 cm³/mol. The van der Waals surface area contributed by atoms with Gasteiger partial charge in [-0.3, -0.25) is 4.79 Å². The van der Waals surface area contributed by atoms with E-state index in [-0.39, 0.29) is 10.2 Å². The van der Waals surface area contributed by atoms with Gasteiger partial charge in [0.2, 0.25) is 0 Å². The molecule has 1 aromatic carbocycles. The van der Waals surface area contributed by atoms with Crippen LogP contribution in [0.3, 0.4) is 0 Å². The zero-order chi connectivity index (χ0) is 11.6. The lowest BCUT2D eigenvalue weighted by atomic mass is 10.2. The Labute approximate surface area is 93.2 Å². The monoisotopic (exact) mass is 275 g/mol. The molecule has 0 atom stereocenters. The van der Waals surface area contributed by atoms with Gasteiger partial charge in [-0.05, 0) is 40.5 Å². The molecule has 6 heteroatoms. The van der Waals surface area contributed by atoms with Crippen molar-refractivity contribution in [2.75, 3.05) is 5.32 Å². The molecule has 0 bridgehead atoms. The maximum atomic E-state index is 13.0. The molecule has 0 aliphatic heterocycles. The number of hydrogen-bond donors (Lipinski definition) is 2. The fourth-order valence-corrected chi connectivity index (χ4v) is 1.30. The maximum Gasteiger partial charge on any atom is 0.394 e. The van der Waals surface area contributed by atoms with E-state index < -0.39 is 17.7 Å². The molecule has 80 valence electrons. The molecular weight excluding hydrogens is 269 g/mol. The van der Waals surface area contributed by atoms with E-state index in [0.29, 0.717) is 5.56 Å². The molecule has 0 aliphatic carbocycles. The van der Waals surface area contributed by atoms with Gasteiger partial charge in [0, 0.05) is 5.69 Å². The van der Waals surface area contributed by atoms with Crippen LogP contribution in [0.25, 0.3) is 0 Å². The molecule has 0 unspecified atom stereocenters. The van der Waals surface area contributed by atoms with Gasteiger partial charge in [0.1, 0.15) is 5.82 Å². The van der Waals surface area contributed by atoms with E-state index in [1.54, 1.807) is 6.92 Å². The first-order chi connectivity index (χ1) is 6.91. The number of nitrogens with one attached hydrogen (secondary N) is 1. The second-order valence-electron chi connectivity index (χ2n) is 2.84. The number of carbonyl (C=O) groups is 2. The van der Waals surface area contributed by atoms with Crippen molar-refractivity contribution in [1.29, 1.82) is 0 Å². The van der Waals surface area contributed by atoms with Crippen LogP contribution in [0.4, 0.5) is 10.1 Å². The molecule has 0 aliphatic rings. The average molecular weight is 276 g/mol. The summed E-state index contributed by atoms with van der Waals surface area (Å²) < 4.78 is 13.1. The van der Waals surface area contributed by atoms with E-state index in [4.69, 9.17) is 5.11 Å². The Balaban J connectivity index is 3.01. The van der Waals surface area contributed by atoms with Crippen LogP contribution in [0, 0.1) is 12.7 Å². The third-order valence-electron chi connectivity index (χ3n) is 1.71. The molecule has 2 N–H and O–H groups in total. The second-order valence-corrected chi connectivity index (χ2v) is 3.69. The Hall–Kier alpha value is -1.43. The molecule has 15 heavy (non-hydrogen) atoms. The number of rotatable bonds is 1. The van der Waals surface area contributed by atoms with Crippen molar-refractivity contribution < 1.29 is 19.1 Å². The normalized spacial score (nSPS) is 9.80. The van der Waals surface area contributed by atoms with E-state index in [9.17, 15) is 14.0 Å². The van der Waals surface area contributed by atoms with Crippen molar-refractivity contribution in [3.8, 4) is 0 Å². The molecule has 1 aromatic rings. The Bertz CT molecular complexity index is 434. The SMILES string of the molecule is Cc1cc(F)c(Br)cc1NC(=O)C(=O)O. The molecule has 0 saturated carbocycles. The first kappa shape index (κ1) is 11.6. The number of halogens is 2. The van der Waals surface area contributed by atoms with Crippen LogP contribution in [-0.4, -0.2) is 17.0 Å². The van der Waals surface area contributed by atoms with Gasteiger partial charge in [-0.1, -0.05) is 0 Å². The summed E-state index contributed by atoms with van der Waals surface area (Å²) >= 11 is 2.93. The molecule has 4 nitrogen and oxygen atoms in total. The summed E-state index contributed by atoms with van der Waals surface area (Å²) in [5.41, 5.74) is 0.709. The number of amides is 1. The summed E-state index contributed by atoms with van der Waals surface area (Å²) in [7, 11) is 0. The van der Waals surface area contributed by atoms with Crippen LogP contribution in [0.1, 0.15) is 5.56 Å². The smallest absolute Gasteiger partial charge is 0.394 e. The molecule has 0 saturated heterocycles. The van der Waals surface area contributed by atoms with Crippen LogP contribution < -0.4 is 5.32 Å². The average Bonchev–Trinajstić information content (AvgIpc) is 2.13. The van der Waals surface area contributed by atoms with Crippen LogP contribution in [-0.2, 0) is 9.59 Å². The Morgan fingerprint density at radius 1 is 1.47 bits per heavy atom. The highest BCUT2D eigenvalue weighted by molar-refractivity contribution is 9.10. The number of anilines is 1. The Kier molecular flexibility index (Phi) is 3.41. The third kappa shape index (κ3) is 2.76. The standard InChI is InChI=1S/C9H7BrFNO3/c1-4-2-6(11)5(10)3-7(4)12-8(13)9(14)15/h2-3H,1H3,(H,12,13)(H,14,15). The van der Waals surface area contributed by atoms with Crippen molar-refractivity contribution >= 4 is 33.5 Å². The summed E-state index contributed by atoms with van der Waals surface area (Å²) in [6, 6.07) is 2.51. The topological polar surface area (TPSA) is 66.4 Å². The number of carboxylic acids is 1. The van der Waals surface area contributed by atoms with Gasteiger partial charge >= 0.3 is 11.9 Å². The summed E-state index contributed by atoms with van der Waals surface area (Å²) in [4.78, 5) is 21.1. The lowest BCUT2D eigenvalue weighted by Gasteiger charge is -2.07. The molecule has 0 aromatic heterocycles. The Morgan fingerprint density at radius 3 is 2.60 bits per heavy atom. The fourth-order valence-electron chi connectivity index (χ4n) is 0.957. The molecule has 1 amide bonds. The highest BCUT2D eigenvalue weighted by Gasteiger charge is 2.13. The fraction of sp³-hybridized carbons (Fsp3) is 0.111. The maximum absolute atomic E-state index is 13.0. The van der Waals surface area contributed by atoms with Crippen molar-refractivity contribution in [3.05, 3.63) is 28.0 Å². The van der Waals surface area contributed by atoms with E-state index in [1.807, 2.05) is 0 Å².